The molecule has 6 nitrogen and oxygen atoms in total. The molecule has 0 unspecified atom stereocenters. The smallest absolute Gasteiger partial charge is 0.270 e. The van der Waals surface area contributed by atoms with Crippen LogP contribution in [0, 0.1) is 17.1 Å². The number of nitriles is 1. The lowest BCUT2D eigenvalue weighted by atomic mass is 10.2. The zero-order valence-electron chi connectivity index (χ0n) is 12.1. The molecule has 24 heavy (non-hydrogen) atoms. The minimum Gasteiger partial charge on any atom is -0.456 e. The lowest BCUT2D eigenvalue weighted by Gasteiger charge is -2.09. The highest BCUT2D eigenvalue weighted by Gasteiger charge is 2.41. The van der Waals surface area contributed by atoms with Gasteiger partial charge in [-0.3, -0.25) is 4.79 Å². The summed E-state index contributed by atoms with van der Waals surface area (Å²) in [6.45, 7) is 0. The molecule has 0 radical (unpaired) electrons. The highest BCUT2D eigenvalue weighted by Crippen LogP contribution is 2.40. The van der Waals surface area contributed by atoms with E-state index in [4.69, 9.17) is 21.6 Å². The Kier molecular flexibility index (Phi) is 3.70. The van der Waals surface area contributed by atoms with Crippen molar-refractivity contribution in [2.75, 3.05) is 7.05 Å². The SMILES string of the molecule is CN1C(=O)c2c(ccc(Oc3cc(F)cc(C#N)c3)c2Cl)S1(=O)=O. The number of carbonyl (C=O) groups is 1. The van der Waals surface area contributed by atoms with E-state index in [1.165, 1.54) is 18.2 Å². The summed E-state index contributed by atoms with van der Waals surface area (Å²) in [5.74, 6) is -1.49. The molecule has 0 fully saturated rings. The molecule has 0 atom stereocenters. The minimum absolute atomic E-state index is 0.00458. The van der Waals surface area contributed by atoms with Crippen molar-refractivity contribution in [1.82, 2.24) is 4.31 Å². The number of sulfonamides is 1. The van der Waals surface area contributed by atoms with Gasteiger partial charge in [-0.2, -0.15) is 5.26 Å². The van der Waals surface area contributed by atoms with Crippen molar-refractivity contribution in [2.45, 2.75) is 4.90 Å². The van der Waals surface area contributed by atoms with Crippen LogP contribution in [0.2, 0.25) is 5.02 Å². The number of hydrogen-bond acceptors (Lipinski definition) is 5. The average Bonchev–Trinajstić information content (AvgIpc) is 2.70. The Morgan fingerprint density at radius 3 is 2.67 bits per heavy atom. The number of fused-ring (bicyclic) bond motifs is 1. The predicted molar refractivity (Wildman–Crippen MR) is 81.9 cm³/mol. The van der Waals surface area contributed by atoms with Gasteiger partial charge in [0.1, 0.15) is 22.2 Å². The fraction of sp³-hybridized carbons (Fsp3) is 0.0667. The largest absolute Gasteiger partial charge is 0.456 e. The molecule has 122 valence electrons. The summed E-state index contributed by atoms with van der Waals surface area (Å²) in [6.07, 6.45) is 0. The van der Waals surface area contributed by atoms with E-state index in [-0.39, 0.29) is 32.5 Å². The number of benzene rings is 2. The van der Waals surface area contributed by atoms with E-state index >= 15 is 0 Å². The summed E-state index contributed by atoms with van der Waals surface area (Å²) in [4.78, 5) is 11.9. The molecule has 0 saturated heterocycles. The molecule has 1 amide bonds. The fourth-order valence-corrected chi connectivity index (χ4v) is 3.89. The summed E-state index contributed by atoms with van der Waals surface area (Å²) in [5.41, 5.74) is -0.158. The molecule has 0 bridgehead atoms. The Bertz CT molecular complexity index is 1030. The first-order valence-corrected chi connectivity index (χ1v) is 8.32. The van der Waals surface area contributed by atoms with E-state index in [0.717, 1.165) is 19.2 Å². The number of nitrogens with zero attached hydrogens (tertiary/aromatic N) is 2. The zero-order chi connectivity index (χ0) is 17.6. The molecule has 1 aliphatic heterocycles. The van der Waals surface area contributed by atoms with Crippen molar-refractivity contribution in [2.24, 2.45) is 0 Å². The Labute approximate surface area is 141 Å². The van der Waals surface area contributed by atoms with E-state index in [9.17, 15) is 17.6 Å². The Hall–Kier alpha value is -2.63. The number of amides is 1. The van der Waals surface area contributed by atoms with Crippen molar-refractivity contribution in [1.29, 1.82) is 5.26 Å². The number of carbonyl (C=O) groups excluding carboxylic acids is 1. The second-order valence-corrected chi connectivity index (χ2v) is 7.23. The number of halogens is 2. The van der Waals surface area contributed by atoms with E-state index < -0.39 is 21.7 Å². The molecule has 3 rings (SSSR count). The van der Waals surface area contributed by atoms with Crippen molar-refractivity contribution in [3.05, 3.63) is 52.3 Å². The van der Waals surface area contributed by atoms with Crippen LogP contribution in [0.25, 0.3) is 0 Å². The summed E-state index contributed by atoms with van der Waals surface area (Å²) >= 11 is 6.11. The predicted octanol–water partition coefficient (Wildman–Crippen LogP) is 2.92. The lowest BCUT2D eigenvalue weighted by Crippen LogP contribution is -2.24. The summed E-state index contributed by atoms with van der Waals surface area (Å²) in [6, 6.07) is 7.59. The zero-order valence-corrected chi connectivity index (χ0v) is 13.7. The first-order valence-electron chi connectivity index (χ1n) is 6.50. The molecule has 0 aliphatic carbocycles. The number of ether oxygens (including phenoxy) is 1. The van der Waals surface area contributed by atoms with Gasteiger partial charge in [0.05, 0.1) is 22.2 Å². The van der Waals surface area contributed by atoms with E-state index in [2.05, 4.69) is 0 Å². The first-order chi connectivity index (χ1) is 11.3. The van der Waals surface area contributed by atoms with Gasteiger partial charge < -0.3 is 4.74 Å². The van der Waals surface area contributed by atoms with Gasteiger partial charge in [0.25, 0.3) is 15.9 Å². The maximum Gasteiger partial charge on any atom is 0.270 e. The Morgan fingerprint density at radius 2 is 2.00 bits per heavy atom. The van der Waals surface area contributed by atoms with Gasteiger partial charge >= 0.3 is 0 Å². The van der Waals surface area contributed by atoms with Crippen molar-refractivity contribution >= 4 is 27.5 Å². The van der Waals surface area contributed by atoms with Crippen LogP contribution < -0.4 is 4.74 Å². The van der Waals surface area contributed by atoms with Crippen LogP contribution in [-0.4, -0.2) is 25.7 Å². The van der Waals surface area contributed by atoms with Crippen molar-refractivity contribution < 1.29 is 22.3 Å². The van der Waals surface area contributed by atoms with Gasteiger partial charge in [-0.05, 0) is 24.3 Å². The molecule has 1 heterocycles. The first kappa shape index (κ1) is 16.2. The minimum atomic E-state index is -3.92. The van der Waals surface area contributed by atoms with Crippen LogP contribution in [0.1, 0.15) is 15.9 Å². The summed E-state index contributed by atoms with van der Waals surface area (Å²) in [5, 5.41) is 8.64. The van der Waals surface area contributed by atoms with Crippen LogP contribution in [0.5, 0.6) is 11.5 Å². The third-order valence-corrected chi connectivity index (χ3v) is 5.59. The van der Waals surface area contributed by atoms with E-state index in [1.54, 1.807) is 6.07 Å². The molecular weight excluding hydrogens is 359 g/mol. The van der Waals surface area contributed by atoms with Gasteiger partial charge in [-0.1, -0.05) is 11.6 Å². The lowest BCUT2D eigenvalue weighted by molar-refractivity contribution is 0.0891. The fourth-order valence-electron chi connectivity index (χ4n) is 2.26. The van der Waals surface area contributed by atoms with Gasteiger partial charge in [-0.25, -0.2) is 17.1 Å². The van der Waals surface area contributed by atoms with Gasteiger partial charge in [0.15, 0.2) is 0 Å². The molecule has 0 saturated carbocycles. The summed E-state index contributed by atoms with van der Waals surface area (Å²) in [7, 11) is -2.80. The van der Waals surface area contributed by atoms with Crippen molar-refractivity contribution in [3.63, 3.8) is 0 Å². The molecule has 0 spiro atoms. The van der Waals surface area contributed by atoms with Gasteiger partial charge in [-0.15, -0.1) is 0 Å². The van der Waals surface area contributed by atoms with E-state index in [1.807, 2.05) is 0 Å². The molecule has 0 aromatic heterocycles. The number of hydrogen-bond donors (Lipinski definition) is 0. The van der Waals surface area contributed by atoms with Crippen LogP contribution in [0.4, 0.5) is 4.39 Å². The van der Waals surface area contributed by atoms with Crippen LogP contribution in [-0.2, 0) is 10.0 Å². The molecule has 2 aromatic carbocycles. The topological polar surface area (TPSA) is 87.5 Å². The monoisotopic (exact) mass is 366 g/mol. The van der Waals surface area contributed by atoms with Gasteiger partial charge in [0.2, 0.25) is 0 Å². The molecule has 2 aromatic rings. The van der Waals surface area contributed by atoms with Gasteiger partial charge in [0, 0.05) is 13.1 Å². The highest BCUT2D eigenvalue weighted by atomic mass is 35.5. The van der Waals surface area contributed by atoms with Crippen molar-refractivity contribution in [3.8, 4) is 17.6 Å². The average molecular weight is 367 g/mol. The quantitative estimate of drug-likeness (QED) is 0.815. The highest BCUT2D eigenvalue weighted by molar-refractivity contribution is 7.90. The normalized spacial score (nSPS) is 15.1. The third-order valence-electron chi connectivity index (χ3n) is 3.43. The maximum atomic E-state index is 13.4. The van der Waals surface area contributed by atoms with Crippen LogP contribution in [0.15, 0.2) is 35.2 Å². The number of rotatable bonds is 2. The van der Waals surface area contributed by atoms with E-state index in [0.29, 0.717) is 4.31 Å². The molecule has 0 N–H and O–H groups in total. The molecular formula is C15H8ClFN2O4S. The standard InChI is InChI=1S/C15H8ClFN2O4S/c1-19-15(20)13-12(24(19,21)22)3-2-11(14(13)16)23-10-5-8(7-18)4-9(17)6-10/h2-6H,1H3. The maximum absolute atomic E-state index is 13.4. The van der Waals surface area contributed by atoms with Crippen LogP contribution in [0.3, 0.4) is 0 Å². The Balaban J connectivity index is 2.09. The Morgan fingerprint density at radius 1 is 1.29 bits per heavy atom. The second kappa shape index (κ2) is 5.47. The molecule has 1 aliphatic rings. The third kappa shape index (κ3) is 2.38. The van der Waals surface area contributed by atoms with Crippen LogP contribution >= 0.6 is 11.6 Å². The summed E-state index contributed by atoms with van der Waals surface area (Å²) < 4.78 is 43.6. The second-order valence-electron chi connectivity index (χ2n) is 4.92. The molecule has 9 heteroatoms.